The van der Waals surface area contributed by atoms with Crippen molar-refractivity contribution in [2.45, 2.75) is 38.8 Å². The number of carboxylic acids is 1. The number of hydrogen-bond donors (Lipinski definition) is 4. The van der Waals surface area contributed by atoms with Crippen LogP contribution in [0.5, 0.6) is 0 Å². The van der Waals surface area contributed by atoms with Crippen molar-refractivity contribution in [2.24, 2.45) is 5.73 Å². The van der Waals surface area contributed by atoms with Crippen molar-refractivity contribution >= 4 is 22.8 Å². The average molecular weight is 345 g/mol. The van der Waals surface area contributed by atoms with Gasteiger partial charge in [0.15, 0.2) is 0 Å². The normalized spacial score (nSPS) is 12.1. The van der Waals surface area contributed by atoms with Crippen molar-refractivity contribution < 1.29 is 19.8 Å². The topological polar surface area (TPSA) is 126 Å². The molecule has 0 fully saturated rings. The molecule has 0 aliphatic carbocycles. The Labute approximate surface area is 145 Å². The zero-order chi connectivity index (χ0) is 18.4. The number of aromatic nitrogens is 1. The van der Waals surface area contributed by atoms with Gasteiger partial charge in [0.1, 0.15) is 6.04 Å². The number of fused-ring (bicyclic) bond motifs is 1. The monoisotopic (exact) mass is 345 g/mol. The Morgan fingerprint density at radius 1 is 1.32 bits per heavy atom. The molecule has 134 valence electrons. The Balaban J connectivity index is 2.23. The summed E-state index contributed by atoms with van der Waals surface area (Å²) in [5, 5.41) is 22.0. The Hall–Kier alpha value is -2.51. The number of para-hydroxylation sites is 1. The summed E-state index contributed by atoms with van der Waals surface area (Å²) in [4.78, 5) is 28.0. The summed E-state index contributed by atoms with van der Waals surface area (Å²) in [7, 11) is 0. The second-order valence-electron chi connectivity index (χ2n) is 5.96. The van der Waals surface area contributed by atoms with Crippen LogP contribution in [0.15, 0.2) is 24.3 Å². The maximum atomic E-state index is 12.3. The highest BCUT2D eigenvalue weighted by Gasteiger charge is 2.20. The summed E-state index contributed by atoms with van der Waals surface area (Å²) in [6, 6.07) is 6.28. The molecule has 2 aromatic rings. The van der Waals surface area contributed by atoms with Gasteiger partial charge in [0.2, 0.25) is 5.91 Å². The number of pyridine rings is 1. The molecule has 25 heavy (non-hydrogen) atoms. The predicted octanol–water partition coefficient (Wildman–Crippen LogP) is 0.886. The van der Waals surface area contributed by atoms with E-state index in [0.717, 1.165) is 16.6 Å². The van der Waals surface area contributed by atoms with Gasteiger partial charge >= 0.3 is 5.97 Å². The Bertz CT molecular complexity index is 776. The second-order valence-corrected chi connectivity index (χ2v) is 5.96. The summed E-state index contributed by atoms with van der Waals surface area (Å²) >= 11 is 0. The molecule has 7 heteroatoms. The number of aliphatic hydroxyl groups is 1. The molecule has 1 atom stereocenters. The van der Waals surface area contributed by atoms with Crippen molar-refractivity contribution in [2.75, 3.05) is 6.54 Å². The molecular weight excluding hydrogens is 322 g/mol. The lowest BCUT2D eigenvalue weighted by atomic mass is 10.0. The predicted molar refractivity (Wildman–Crippen MR) is 94.0 cm³/mol. The van der Waals surface area contributed by atoms with E-state index in [1.807, 2.05) is 13.0 Å². The lowest BCUT2D eigenvalue weighted by Gasteiger charge is -2.15. The van der Waals surface area contributed by atoms with E-state index in [9.17, 15) is 19.8 Å². The first-order valence-corrected chi connectivity index (χ1v) is 8.17. The molecule has 1 heterocycles. The number of nitrogens with two attached hydrogens (primary N) is 1. The SMILES string of the molecule is Cc1cc(CO)c2cccc(CC(=O)N[C@@H](CCCN)C(=O)O)c2n1. The van der Waals surface area contributed by atoms with Crippen LogP contribution in [0.1, 0.15) is 29.7 Å². The lowest BCUT2D eigenvalue weighted by Crippen LogP contribution is -2.41. The highest BCUT2D eigenvalue weighted by Crippen LogP contribution is 2.22. The molecule has 1 amide bonds. The first-order valence-electron chi connectivity index (χ1n) is 8.17. The van der Waals surface area contributed by atoms with Crippen LogP contribution in [0, 0.1) is 6.92 Å². The standard InChI is InChI=1S/C18H23N3O4/c1-11-8-13(10-22)14-5-2-4-12(17(14)20-11)9-16(23)21-15(18(24)25)6-3-7-19/h2,4-5,8,15,22H,3,6-7,9-10,19H2,1H3,(H,21,23)(H,24,25)/t15-/m0/s1. The molecule has 2 rings (SSSR count). The number of aryl methyl sites for hydroxylation is 1. The van der Waals surface area contributed by atoms with Gasteiger partial charge in [-0.2, -0.15) is 0 Å². The molecule has 0 spiro atoms. The van der Waals surface area contributed by atoms with E-state index < -0.39 is 12.0 Å². The van der Waals surface area contributed by atoms with Crippen LogP contribution in [0.3, 0.4) is 0 Å². The van der Waals surface area contributed by atoms with E-state index in [1.54, 1.807) is 18.2 Å². The van der Waals surface area contributed by atoms with Gasteiger partial charge < -0.3 is 21.3 Å². The van der Waals surface area contributed by atoms with Crippen molar-refractivity contribution in [3.05, 3.63) is 41.1 Å². The second kappa shape index (κ2) is 8.55. The highest BCUT2D eigenvalue weighted by atomic mass is 16.4. The van der Waals surface area contributed by atoms with E-state index in [1.165, 1.54) is 0 Å². The van der Waals surface area contributed by atoms with Gasteiger partial charge in [-0.1, -0.05) is 18.2 Å². The molecule has 1 aromatic carbocycles. The fraction of sp³-hybridized carbons (Fsp3) is 0.389. The minimum absolute atomic E-state index is 0.0189. The molecule has 0 bridgehead atoms. The van der Waals surface area contributed by atoms with Crippen LogP contribution in [-0.4, -0.2) is 39.7 Å². The molecular formula is C18H23N3O4. The van der Waals surface area contributed by atoms with Gasteiger partial charge in [0.25, 0.3) is 0 Å². The number of amides is 1. The summed E-state index contributed by atoms with van der Waals surface area (Å²) in [5.41, 5.74) is 8.23. The van der Waals surface area contributed by atoms with Gasteiger partial charge in [-0.15, -0.1) is 0 Å². The van der Waals surface area contributed by atoms with Gasteiger partial charge in [0.05, 0.1) is 18.5 Å². The number of nitrogens with one attached hydrogen (secondary N) is 1. The van der Waals surface area contributed by atoms with Crippen molar-refractivity contribution in [1.29, 1.82) is 0 Å². The van der Waals surface area contributed by atoms with Gasteiger partial charge in [-0.05, 0) is 43.5 Å². The molecule has 7 nitrogen and oxygen atoms in total. The van der Waals surface area contributed by atoms with Crippen LogP contribution >= 0.6 is 0 Å². The number of aliphatic hydroxyl groups excluding tert-OH is 1. The van der Waals surface area contributed by atoms with Gasteiger partial charge in [-0.25, -0.2) is 4.79 Å². The van der Waals surface area contributed by atoms with Crippen molar-refractivity contribution in [3.63, 3.8) is 0 Å². The largest absolute Gasteiger partial charge is 0.480 e. The minimum atomic E-state index is -1.07. The average Bonchev–Trinajstić information content (AvgIpc) is 2.58. The van der Waals surface area contributed by atoms with Crippen LogP contribution in [-0.2, 0) is 22.6 Å². The Morgan fingerprint density at radius 3 is 2.72 bits per heavy atom. The third-order valence-electron chi connectivity index (χ3n) is 3.99. The number of rotatable bonds is 8. The smallest absolute Gasteiger partial charge is 0.326 e. The van der Waals surface area contributed by atoms with Crippen LogP contribution in [0.25, 0.3) is 10.9 Å². The van der Waals surface area contributed by atoms with Crippen molar-refractivity contribution in [1.82, 2.24) is 10.3 Å². The summed E-state index contributed by atoms with van der Waals surface area (Å²) in [5.74, 6) is -1.46. The number of aliphatic carboxylic acids is 1. The van der Waals surface area contributed by atoms with Gasteiger partial charge in [0, 0.05) is 11.1 Å². The first kappa shape index (κ1) is 18.8. The molecule has 0 radical (unpaired) electrons. The number of benzene rings is 1. The first-order chi connectivity index (χ1) is 12.0. The molecule has 0 saturated carbocycles. The molecule has 1 aromatic heterocycles. The maximum Gasteiger partial charge on any atom is 0.326 e. The summed E-state index contributed by atoms with van der Waals surface area (Å²) < 4.78 is 0. The third-order valence-corrected chi connectivity index (χ3v) is 3.99. The quantitative estimate of drug-likeness (QED) is 0.563. The highest BCUT2D eigenvalue weighted by molar-refractivity contribution is 5.91. The zero-order valence-corrected chi connectivity index (χ0v) is 14.2. The minimum Gasteiger partial charge on any atom is -0.480 e. The molecule has 0 saturated heterocycles. The van der Waals surface area contributed by atoms with Crippen LogP contribution < -0.4 is 11.1 Å². The number of hydrogen-bond acceptors (Lipinski definition) is 5. The third kappa shape index (κ3) is 4.74. The lowest BCUT2D eigenvalue weighted by molar-refractivity contribution is -0.141. The fourth-order valence-corrected chi connectivity index (χ4v) is 2.79. The molecule has 0 aliphatic heterocycles. The van der Waals surface area contributed by atoms with Crippen LogP contribution in [0.4, 0.5) is 0 Å². The summed E-state index contributed by atoms with van der Waals surface area (Å²) in [6.45, 7) is 2.08. The number of carboxylic acid groups (broad SMARTS) is 1. The number of carbonyl (C=O) groups is 2. The van der Waals surface area contributed by atoms with E-state index in [0.29, 0.717) is 30.5 Å². The number of nitrogens with zero attached hydrogens (tertiary/aromatic N) is 1. The summed E-state index contributed by atoms with van der Waals surface area (Å²) in [6.07, 6.45) is 0.830. The number of carbonyl (C=O) groups excluding carboxylic acids is 1. The maximum absolute atomic E-state index is 12.3. The molecule has 5 N–H and O–H groups in total. The molecule has 0 aliphatic rings. The Morgan fingerprint density at radius 2 is 2.08 bits per heavy atom. The molecule has 0 unspecified atom stereocenters. The van der Waals surface area contributed by atoms with E-state index in [4.69, 9.17) is 5.73 Å². The fourth-order valence-electron chi connectivity index (χ4n) is 2.79. The zero-order valence-electron chi connectivity index (χ0n) is 14.2. The van der Waals surface area contributed by atoms with Crippen molar-refractivity contribution in [3.8, 4) is 0 Å². The van der Waals surface area contributed by atoms with Gasteiger partial charge in [-0.3, -0.25) is 9.78 Å². The van der Waals surface area contributed by atoms with E-state index in [-0.39, 0.29) is 18.9 Å². The van der Waals surface area contributed by atoms with E-state index >= 15 is 0 Å². The van der Waals surface area contributed by atoms with Crippen LogP contribution in [0.2, 0.25) is 0 Å². The van der Waals surface area contributed by atoms with E-state index in [2.05, 4.69) is 10.3 Å². The Kier molecular flexibility index (Phi) is 6.44.